The smallest absolute Gasteiger partial charge is 0.451 e. The maximum atomic E-state index is 11.2. The van der Waals surface area contributed by atoms with E-state index in [1.807, 2.05) is 0 Å². The summed E-state index contributed by atoms with van der Waals surface area (Å²) in [6.45, 7) is 0.276. The van der Waals surface area contributed by atoms with Crippen LogP contribution in [-0.2, 0) is 4.79 Å². The fraction of sp³-hybridized carbons (Fsp3) is 0.900. The van der Waals surface area contributed by atoms with Gasteiger partial charge in [-0.1, -0.05) is 6.42 Å². The third-order valence-electron chi connectivity index (χ3n) is 3.79. The van der Waals surface area contributed by atoms with Crippen LogP contribution in [0.15, 0.2) is 0 Å². The molecule has 19 heavy (non-hydrogen) atoms. The molecule has 0 aromatic rings. The van der Waals surface area contributed by atoms with Crippen molar-refractivity contribution in [2.75, 3.05) is 6.54 Å². The Kier molecular flexibility index (Phi) is 10.1. The van der Waals surface area contributed by atoms with Gasteiger partial charge in [0, 0.05) is 0 Å². The van der Waals surface area contributed by atoms with Gasteiger partial charge in [0.05, 0.1) is 0 Å². The predicted octanol–water partition coefficient (Wildman–Crippen LogP) is -0.150. The molecular formula is C10H23BCl2N2O4. The molecule has 7 N–H and O–H groups in total. The van der Waals surface area contributed by atoms with Gasteiger partial charge in [-0.15, -0.1) is 24.8 Å². The van der Waals surface area contributed by atoms with Crippen molar-refractivity contribution in [3.63, 3.8) is 0 Å². The third kappa shape index (κ3) is 5.45. The van der Waals surface area contributed by atoms with Gasteiger partial charge in [0.2, 0.25) is 0 Å². The quantitative estimate of drug-likeness (QED) is 0.448. The van der Waals surface area contributed by atoms with Crippen LogP contribution in [0.25, 0.3) is 0 Å². The van der Waals surface area contributed by atoms with E-state index in [1.54, 1.807) is 0 Å². The molecule has 0 amide bonds. The SMILES string of the molecule is Cl.Cl.NC[C@H]1CC[C@@H](CCB(O)O)C[C@]1(N)C(=O)O. The van der Waals surface area contributed by atoms with Crippen LogP contribution in [0.1, 0.15) is 25.7 Å². The third-order valence-corrected chi connectivity index (χ3v) is 3.79. The molecule has 0 spiro atoms. The Bertz CT molecular complexity index is 286. The molecule has 0 aromatic heterocycles. The predicted molar refractivity (Wildman–Crippen MR) is 78.6 cm³/mol. The van der Waals surface area contributed by atoms with Crippen LogP contribution in [0, 0.1) is 11.8 Å². The number of hydrogen-bond acceptors (Lipinski definition) is 5. The van der Waals surface area contributed by atoms with Gasteiger partial charge in [-0.05, 0) is 44.0 Å². The second-order valence-electron chi connectivity index (χ2n) is 4.98. The van der Waals surface area contributed by atoms with Gasteiger partial charge in [-0.2, -0.15) is 0 Å². The molecule has 0 unspecified atom stereocenters. The summed E-state index contributed by atoms with van der Waals surface area (Å²) in [6.07, 6.45) is 2.73. The van der Waals surface area contributed by atoms with Gasteiger partial charge >= 0.3 is 13.1 Å². The molecule has 6 nitrogen and oxygen atoms in total. The van der Waals surface area contributed by atoms with E-state index in [1.165, 1.54) is 0 Å². The number of rotatable bonds is 5. The molecule has 0 bridgehead atoms. The molecular weight excluding hydrogens is 294 g/mol. The summed E-state index contributed by atoms with van der Waals surface area (Å²) in [5.41, 5.74) is 10.2. The summed E-state index contributed by atoms with van der Waals surface area (Å²) in [4.78, 5) is 11.2. The lowest BCUT2D eigenvalue weighted by Gasteiger charge is -2.41. The van der Waals surface area contributed by atoms with Crippen molar-refractivity contribution in [1.29, 1.82) is 0 Å². The summed E-state index contributed by atoms with van der Waals surface area (Å²) in [5, 5.41) is 26.8. The number of halogens is 2. The molecule has 1 rings (SSSR count). The second kappa shape index (κ2) is 8.99. The molecule has 0 aliphatic heterocycles. The van der Waals surface area contributed by atoms with Gasteiger partial charge in [0.25, 0.3) is 0 Å². The van der Waals surface area contributed by atoms with Crippen LogP contribution in [0.2, 0.25) is 6.32 Å². The van der Waals surface area contributed by atoms with Crippen molar-refractivity contribution in [1.82, 2.24) is 0 Å². The Morgan fingerprint density at radius 2 is 1.89 bits per heavy atom. The first-order valence-corrected chi connectivity index (χ1v) is 5.98. The highest BCUT2D eigenvalue weighted by molar-refractivity contribution is 6.40. The van der Waals surface area contributed by atoms with Crippen molar-refractivity contribution in [3.8, 4) is 0 Å². The largest absolute Gasteiger partial charge is 0.480 e. The fourth-order valence-electron chi connectivity index (χ4n) is 2.66. The molecule has 0 radical (unpaired) electrons. The summed E-state index contributed by atoms with van der Waals surface area (Å²) in [6, 6.07) is 0. The van der Waals surface area contributed by atoms with E-state index in [4.69, 9.17) is 21.5 Å². The molecule has 1 aliphatic rings. The second-order valence-corrected chi connectivity index (χ2v) is 4.98. The fourth-order valence-corrected chi connectivity index (χ4v) is 2.66. The topological polar surface area (TPSA) is 130 Å². The lowest BCUT2D eigenvalue weighted by molar-refractivity contribution is -0.147. The molecule has 9 heteroatoms. The normalized spacial score (nSPS) is 29.9. The van der Waals surface area contributed by atoms with Gasteiger partial charge in [0.15, 0.2) is 0 Å². The number of carboxylic acids is 1. The molecule has 1 aliphatic carbocycles. The zero-order valence-corrected chi connectivity index (χ0v) is 12.3. The highest BCUT2D eigenvalue weighted by Crippen LogP contribution is 2.37. The van der Waals surface area contributed by atoms with Crippen molar-refractivity contribution in [3.05, 3.63) is 0 Å². The first kappa shape index (κ1) is 21.3. The highest BCUT2D eigenvalue weighted by Gasteiger charge is 2.46. The first-order chi connectivity index (χ1) is 7.90. The average Bonchev–Trinajstić information content (AvgIpc) is 2.26. The first-order valence-electron chi connectivity index (χ1n) is 5.98. The van der Waals surface area contributed by atoms with Crippen molar-refractivity contribution in [2.24, 2.45) is 23.3 Å². The number of aliphatic carboxylic acids is 1. The number of carbonyl (C=O) groups is 1. The number of nitrogens with two attached hydrogens (primary N) is 2. The van der Waals surface area contributed by atoms with E-state index in [-0.39, 0.29) is 49.5 Å². The molecule has 0 heterocycles. The Balaban J connectivity index is 0. The molecule has 0 aromatic carbocycles. The van der Waals surface area contributed by atoms with Gasteiger partial charge in [0.1, 0.15) is 5.54 Å². The van der Waals surface area contributed by atoms with Crippen LogP contribution in [0.4, 0.5) is 0 Å². The molecule has 114 valence electrons. The van der Waals surface area contributed by atoms with Crippen molar-refractivity contribution < 1.29 is 19.9 Å². The van der Waals surface area contributed by atoms with E-state index in [2.05, 4.69) is 0 Å². The Morgan fingerprint density at radius 1 is 1.32 bits per heavy atom. The summed E-state index contributed by atoms with van der Waals surface area (Å²) >= 11 is 0. The average molecular weight is 317 g/mol. The van der Waals surface area contributed by atoms with E-state index in [9.17, 15) is 9.90 Å². The lowest BCUT2D eigenvalue weighted by atomic mass is 9.66. The van der Waals surface area contributed by atoms with E-state index in [0.29, 0.717) is 19.3 Å². The number of hydrogen-bond donors (Lipinski definition) is 5. The minimum Gasteiger partial charge on any atom is -0.480 e. The summed E-state index contributed by atoms with van der Waals surface area (Å²) in [5.74, 6) is -1.09. The van der Waals surface area contributed by atoms with Crippen LogP contribution >= 0.6 is 24.8 Å². The van der Waals surface area contributed by atoms with Gasteiger partial charge in [-0.25, -0.2) is 0 Å². The maximum absolute atomic E-state index is 11.2. The lowest BCUT2D eigenvalue weighted by Crippen LogP contribution is -2.59. The van der Waals surface area contributed by atoms with E-state index < -0.39 is 18.6 Å². The zero-order chi connectivity index (χ0) is 13.1. The van der Waals surface area contributed by atoms with Crippen molar-refractivity contribution >= 4 is 37.9 Å². The van der Waals surface area contributed by atoms with Crippen LogP contribution in [0.5, 0.6) is 0 Å². The molecule has 3 atom stereocenters. The Hall–Kier alpha value is -0.0451. The van der Waals surface area contributed by atoms with E-state index in [0.717, 1.165) is 6.42 Å². The van der Waals surface area contributed by atoms with Crippen LogP contribution in [0.3, 0.4) is 0 Å². The monoisotopic (exact) mass is 316 g/mol. The maximum Gasteiger partial charge on any atom is 0.451 e. The summed E-state index contributed by atoms with van der Waals surface area (Å²) < 4.78 is 0. The minimum atomic E-state index is -1.33. The van der Waals surface area contributed by atoms with Crippen LogP contribution < -0.4 is 11.5 Å². The highest BCUT2D eigenvalue weighted by atomic mass is 35.5. The number of carboxylic acid groups (broad SMARTS) is 1. The van der Waals surface area contributed by atoms with Crippen LogP contribution in [-0.4, -0.2) is 40.3 Å². The summed E-state index contributed by atoms with van der Waals surface area (Å²) in [7, 11) is -1.33. The molecule has 1 fully saturated rings. The standard InChI is InChI=1S/C10H21BN2O4.2ClH/c12-6-8-2-1-7(3-4-11(16)17)5-10(8,13)9(14)15;;/h7-8,16-17H,1-6,12-13H2,(H,14,15);2*1H/t7-,8+,10+;;/m0../s1. The van der Waals surface area contributed by atoms with Crippen molar-refractivity contribution in [2.45, 2.75) is 37.5 Å². The molecule has 1 saturated carbocycles. The van der Waals surface area contributed by atoms with E-state index >= 15 is 0 Å². The van der Waals surface area contributed by atoms with Gasteiger partial charge < -0.3 is 26.6 Å². The Labute approximate surface area is 125 Å². The minimum absolute atomic E-state index is 0. The molecule has 0 saturated heterocycles. The van der Waals surface area contributed by atoms with Gasteiger partial charge in [-0.3, -0.25) is 4.79 Å². The zero-order valence-electron chi connectivity index (χ0n) is 10.7. The Morgan fingerprint density at radius 3 is 2.32 bits per heavy atom.